The highest BCUT2D eigenvalue weighted by Gasteiger charge is 2.06. The highest BCUT2D eigenvalue weighted by atomic mass is 32.1. The molecular weight excluding hydrogens is 334 g/mol. The zero-order valence-corrected chi connectivity index (χ0v) is 16.0. The van der Waals surface area contributed by atoms with Crippen molar-refractivity contribution < 1.29 is 4.79 Å². The lowest BCUT2D eigenvalue weighted by molar-refractivity contribution is 0.0963. The molecule has 1 heterocycles. The highest BCUT2D eigenvalue weighted by Crippen LogP contribution is 2.15. The number of benzene rings is 1. The first-order chi connectivity index (χ1) is 12.0. The van der Waals surface area contributed by atoms with Gasteiger partial charge in [0.25, 0.3) is 5.91 Å². The molecule has 0 fully saturated rings. The van der Waals surface area contributed by atoms with Gasteiger partial charge in [-0.3, -0.25) is 4.79 Å². The number of aliphatic imine (C=N–C) groups is 1. The van der Waals surface area contributed by atoms with E-state index in [0.717, 1.165) is 28.8 Å². The van der Waals surface area contributed by atoms with E-state index in [0.29, 0.717) is 18.7 Å². The number of nitrogens with zero attached hydrogens (tertiary/aromatic N) is 2. The van der Waals surface area contributed by atoms with Crippen LogP contribution >= 0.6 is 11.3 Å². The first-order valence-corrected chi connectivity index (χ1v) is 9.11. The van der Waals surface area contributed by atoms with Crippen molar-refractivity contribution in [3.05, 3.63) is 51.0 Å². The second-order valence-corrected chi connectivity index (χ2v) is 6.87. The van der Waals surface area contributed by atoms with Gasteiger partial charge < -0.3 is 16.0 Å². The van der Waals surface area contributed by atoms with Crippen LogP contribution in [0.15, 0.2) is 29.3 Å². The molecule has 0 aliphatic rings. The molecule has 0 atom stereocenters. The third-order valence-corrected chi connectivity index (χ3v) is 4.73. The summed E-state index contributed by atoms with van der Waals surface area (Å²) < 4.78 is 0. The average Bonchev–Trinajstić information content (AvgIpc) is 2.94. The molecule has 0 aliphatic carbocycles. The van der Waals surface area contributed by atoms with E-state index in [4.69, 9.17) is 0 Å². The molecule has 0 spiro atoms. The van der Waals surface area contributed by atoms with Crippen LogP contribution in [-0.4, -0.2) is 30.4 Å². The lowest BCUT2D eigenvalue weighted by Crippen LogP contribution is -2.36. The van der Waals surface area contributed by atoms with Crippen LogP contribution in [0.2, 0.25) is 0 Å². The summed E-state index contributed by atoms with van der Waals surface area (Å²) in [6, 6.07) is 7.49. The normalized spacial score (nSPS) is 11.3. The standard InChI is InChI=1S/C18H25N5OS/c1-5-20-18(22-11-16-23-12(2)13(3)25-16)21-10-14-7-6-8-15(9-14)17(24)19-4/h6-9H,5,10-11H2,1-4H3,(H,19,24)(H2,20,21,22). The van der Waals surface area contributed by atoms with E-state index in [9.17, 15) is 4.79 Å². The molecule has 3 N–H and O–H groups in total. The topological polar surface area (TPSA) is 78.4 Å². The van der Waals surface area contributed by atoms with Gasteiger partial charge in [-0.15, -0.1) is 11.3 Å². The minimum atomic E-state index is -0.0922. The van der Waals surface area contributed by atoms with Gasteiger partial charge in [-0.25, -0.2) is 9.98 Å². The van der Waals surface area contributed by atoms with Gasteiger partial charge in [-0.2, -0.15) is 0 Å². The van der Waals surface area contributed by atoms with Crippen molar-refractivity contribution in [3.8, 4) is 0 Å². The van der Waals surface area contributed by atoms with Gasteiger partial charge in [0.15, 0.2) is 5.96 Å². The molecular formula is C18H25N5OS. The summed E-state index contributed by atoms with van der Waals surface area (Å²) in [5.74, 6) is 0.642. The Hall–Kier alpha value is -2.41. The smallest absolute Gasteiger partial charge is 0.251 e. The Balaban J connectivity index is 2.02. The molecule has 0 saturated heterocycles. The molecule has 134 valence electrons. The maximum absolute atomic E-state index is 11.7. The van der Waals surface area contributed by atoms with Gasteiger partial charge in [0.1, 0.15) is 5.01 Å². The number of guanidine groups is 1. The van der Waals surface area contributed by atoms with Crippen LogP contribution in [-0.2, 0) is 13.1 Å². The number of rotatable bonds is 6. The van der Waals surface area contributed by atoms with E-state index in [-0.39, 0.29) is 5.91 Å². The largest absolute Gasteiger partial charge is 0.357 e. The predicted molar refractivity (Wildman–Crippen MR) is 103 cm³/mol. The fraction of sp³-hybridized carbons (Fsp3) is 0.389. The number of nitrogens with one attached hydrogen (secondary N) is 3. The van der Waals surface area contributed by atoms with Gasteiger partial charge in [-0.1, -0.05) is 12.1 Å². The first-order valence-electron chi connectivity index (χ1n) is 8.29. The number of aromatic nitrogens is 1. The summed E-state index contributed by atoms with van der Waals surface area (Å²) in [4.78, 5) is 22.1. The van der Waals surface area contributed by atoms with Crippen molar-refractivity contribution in [2.75, 3.05) is 13.6 Å². The van der Waals surface area contributed by atoms with Crippen LogP contribution in [0.1, 0.15) is 38.4 Å². The monoisotopic (exact) mass is 359 g/mol. The molecule has 6 nitrogen and oxygen atoms in total. The number of hydrogen-bond donors (Lipinski definition) is 3. The first kappa shape index (κ1) is 18.9. The van der Waals surface area contributed by atoms with E-state index in [2.05, 4.69) is 32.9 Å². The van der Waals surface area contributed by atoms with E-state index in [1.54, 1.807) is 24.5 Å². The van der Waals surface area contributed by atoms with Crippen molar-refractivity contribution in [2.45, 2.75) is 33.9 Å². The minimum Gasteiger partial charge on any atom is -0.357 e. The third-order valence-electron chi connectivity index (χ3n) is 3.66. The van der Waals surface area contributed by atoms with Gasteiger partial charge in [0, 0.05) is 24.0 Å². The summed E-state index contributed by atoms with van der Waals surface area (Å²) in [5, 5.41) is 10.2. The van der Waals surface area contributed by atoms with Gasteiger partial charge in [0.05, 0.1) is 18.8 Å². The summed E-state index contributed by atoms with van der Waals surface area (Å²) in [6.07, 6.45) is 0. The van der Waals surface area contributed by atoms with Crippen molar-refractivity contribution in [1.82, 2.24) is 20.9 Å². The van der Waals surface area contributed by atoms with Crippen LogP contribution in [0.3, 0.4) is 0 Å². The molecule has 1 aromatic carbocycles. The van der Waals surface area contributed by atoms with Crippen LogP contribution in [0, 0.1) is 13.8 Å². The molecule has 1 amide bonds. The van der Waals surface area contributed by atoms with Crippen LogP contribution in [0.4, 0.5) is 0 Å². The summed E-state index contributed by atoms with van der Waals surface area (Å²) in [6.45, 7) is 8.05. The molecule has 2 aromatic rings. The average molecular weight is 359 g/mol. The number of carbonyl (C=O) groups excluding carboxylic acids is 1. The Bertz CT molecular complexity index is 734. The number of aryl methyl sites for hydroxylation is 2. The fourth-order valence-corrected chi connectivity index (χ4v) is 3.12. The van der Waals surface area contributed by atoms with Crippen LogP contribution < -0.4 is 16.0 Å². The van der Waals surface area contributed by atoms with Gasteiger partial charge >= 0.3 is 0 Å². The van der Waals surface area contributed by atoms with E-state index in [1.165, 1.54) is 4.88 Å². The molecule has 2 rings (SSSR count). The zero-order valence-electron chi connectivity index (χ0n) is 15.1. The van der Waals surface area contributed by atoms with Crippen molar-refractivity contribution in [1.29, 1.82) is 0 Å². The maximum atomic E-state index is 11.7. The third kappa shape index (κ3) is 5.56. The number of thiazole rings is 1. The Labute approximate surface area is 152 Å². The van der Waals surface area contributed by atoms with E-state index in [1.807, 2.05) is 32.0 Å². The Morgan fingerprint density at radius 1 is 1.28 bits per heavy atom. The van der Waals surface area contributed by atoms with Gasteiger partial charge in [-0.05, 0) is 38.5 Å². The lowest BCUT2D eigenvalue weighted by atomic mass is 10.1. The molecule has 0 aliphatic heterocycles. The summed E-state index contributed by atoms with van der Waals surface area (Å²) in [5.41, 5.74) is 2.70. The molecule has 25 heavy (non-hydrogen) atoms. The number of carbonyl (C=O) groups is 1. The van der Waals surface area contributed by atoms with E-state index >= 15 is 0 Å². The fourth-order valence-electron chi connectivity index (χ4n) is 2.24. The van der Waals surface area contributed by atoms with Crippen molar-refractivity contribution in [3.63, 3.8) is 0 Å². The Kier molecular flexibility index (Phi) is 6.94. The molecule has 0 saturated carbocycles. The number of hydrogen-bond acceptors (Lipinski definition) is 4. The SMILES string of the molecule is CCNC(=NCc1cccc(C(=O)NC)c1)NCc1nc(C)c(C)s1. The maximum Gasteiger partial charge on any atom is 0.251 e. The quantitative estimate of drug-likeness (QED) is 0.547. The molecule has 7 heteroatoms. The second-order valence-electron chi connectivity index (χ2n) is 5.58. The Morgan fingerprint density at radius 2 is 2.08 bits per heavy atom. The number of amides is 1. The summed E-state index contributed by atoms with van der Waals surface area (Å²) in [7, 11) is 1.63. The zero-order chi connectivity index (χ0) is 18.2. The van der Waals surface area contributed by atoms with Crippen LogP contribution in [0.25, 0.3) is 0 Å². The lowest BCUT2D eigenvalue weighted by Gasteiger charge is -2.10. The van der Waals surface area contributed by atoms with E-state index < -0.39 is 0 Å². The molecule has 1 aromatic heterocycles. The Morgan fingerprint density at radius 3 is 2.72 bits per heavy atom. The van der Waals surface area contributed by atoms with Crippen LogP contribution in [0.5, 0.6) is 0 Å². The second kappa shape index (κ2) is 9.17. The van der Waals surface area contributed by atoms with Gasteiger partial charge in [0.2, 0.25) is 0 Å². The minimum absolute atomic E-state index is 0.0922. The molecule has 0 unspecified atom stereocenters. The predicted octanol–water partition coefficient (Wildman–Crippen LogP) is 2.37. The molecule has 0 radical (unpaired) electrons. The summed E-state index contributed by atoms with van der Waals surface area (Å²) >= 11 is 1.70. The highest BCUT2D eigenvalue weighted by molar-refractivity contribution is 7.11. The molecule has 0 bridgehead atoms. The van der Waals surface area contributed by atoms with Crippen molar-refractivity contribution >= 4 is 23.2 Å². The van der Waals surface area contributed by atoms with Crippen molar-refractivity contribution in [2.24, 2.45) is 4.99 Å².